The molecule has 0 spiro atoms. The van der Waals surface area contributed by atoms with Gasteiger partial charge in [-0.25, -0.2) is 4.39 Å². The molecular weight excluding hydrogens is 195 g/mol. The van der Waals surface area contributed by atoms with E-state index in [1.807, 2.05) is 4.90 Å². The van der Waals surface area contributed by atoms with Crippen molar-refractivity contribution >= 4 is 11.6 Å². The molecule has 2 rings (SSSR count). The van der Waals surface area contributed by atoms with Gasteiger partial charge in [-0.2, -0.15) is 0 Å². The van der Waals surface area contributed by atoms with Crippen LogP contribution in [0.1, 0.15) is 23.2 Å². The Balaban J connectivity index is 2.35. The van der Waals surface area contributed by atoms with Gasteiger partial charge in [-0.3, -0.25) is 4.79 Å². The largest absolute Gasteiger partial charge is 0.369 e. The van der Waals surface area contributed by atoms with Crippen LogP contribution in [0.3, 0.4) is 0 Å². The fourth-order valence-corrected chi connectivity index (χ4v) is 1.87. The maximum atomic E-state index is 13.5. The molecule has 0 atom stereocenters. The first-order valence-corrected chi connectivity index (χ1v) is 5.03. The van der Waals surface area contributed by atoms with Crippen molar-refractivity contribution in [2.75, 3.05) is 18.0 Å². The van der Waals surface area contributed by atoms with Crippen LogP contribution in [0.25, 0.3) is 0 Å². The third-order valence-electron chi connectivity index (χ3n) is 2.68. The van der Waals surface area contributed by atoms with E-state index < -0.39 is 5.91 Å². The zero-order chi connectivity index (χ0) is 10.8. The third kappa shape index (κ3) is 1.93. The molecule has 1 aliphatic rings. The van der Waals surface area contributed by atoms with Crippen LogP contribution in [-0.4, -0.2) is 19.0 Å². The quantitative estimate of drug-likeness (QED) is 0.801. The summed E-state index contributed by atoms with van der Waals surface area (Å²) in [6, 6.07) is 4.24. The molecule has 4 heteroatoms. The second-order valence-corrected chi connectivity index (χ2v) is 3.72. The zero-order valence-corrected chi connectivity index (χ0v) is 8.37. The van der Waals surface area contributed by atoms with Gasteiger partial charge in [0, 0.05) is 18.7 Å². The summed E-state index contributed by atoms with van der Waals surface area (Å²) in [5.74, 6) is -0.808. The molecule has 2 N–H and O–H groups in total. The number of hydrogen-bond donors (Lipinski definition) is 1. The van der Waals surface area contributed by atoms with Crippen LogP contribution < -0.4 is 10.6 Å². The van der Waals surface area contributed by atoms with Crippen molar-refractivity contribution in [1.82, 2.24) is 0 Å². The summed E-state index contributed by atoms with van der Waals surface area (Å²) in [6.45, 7) is 1.69. The number of carbonyl (C=O) groups excluding carboxylic acids is 1. The number of hydrogen-bond acceptors (Lipinski definition) is 2. The molecule has 80 valence electrons. The molecule has 1 saturated heterocycles. The van der Waals surface area contributed by atoms with E-state index in [4.69, 9.17) is 5.73 Å². The second kappa shape index (κ2) is 3.88. The molecule has 1 aromatic carbocycles. The smallest absolute Gasteiger partial charge is 0.248 e. The third-order valence-corrected chi connectivity index (χ3v) is 2.68. The molecule has 0 unspecified atom stereocenters. The van der Waals surface area contributed by atoms with Crippen molar-refractivity contribution in [3.05, 3.63) is 29.6 Å². The van der Waals surface area contributed by atoms with Gasteiger partial charge in [0.05, 0.1) is 5.69 Å². The molecule has 1 aliphatic heterocycles. The van der Waals surface area contributed by atoms with Crippen molar-refractivity contribution in [2.45, 2.75) is 12.8 Å². The minimum Gasteiger partial charge on any atom is -0.369 e. The number of carbonyl (C=O) groups is 1. The lowest BCUT2D eigenvalue weighted by Gasteiger charge is -2.18. The number of primary amides is 1. The number of rotatable bonds is 2. The maximum Gasteiger partial charge on any atom is 0.248 e. The van der Waals surface area contributed by atoms with Gasteiger partial charge >= 0.3 is 0 Å². The number of amides is 1. The highest BCUT2D eigenvalue weighted by atomic mass is 19.1. The first-order chi connectivity index (χ1) is 7.18. The Bertz CT molecular complexity index is 386. The van der Waals surface area contributed by atoms with Gasteiger partial charge in [0.1, 0.15) is 5.82 Å². The summed E-state index contributed by atoms with van der Waals surface area (Å²) in [5.41, 5.74) is 6.00. The SMILES string of the molecule is NC(=O)c1ccc(F)c(N2CCCC2)c1. The highest BCUT2D eigenvalue weighted by Crippen LogP contribution is 2.24. The maximum absolute atomic E-state index is 13.5. The summed E-state index contributed by atoms with van der Waals surface area (Å²) in [7, 11) is 0. The topological polar surface area (TPSA) is 46.3 Å². The molecule has 15 heavy (non-hydrogen) atoms. The molecule has 3 nitrogen and oxygen atoms in total. The number of halogens is 1. The molecule has 1 amide bonds. The van der Waals surface area contributed by atoms with Gasteiger partial charge in [0.15, 0.2) is 0 Å². The Labute approximate surface area is 87.7 Å². The van der Waals surface area contributed by atoms with Crippen LogP contribution in [0, 0.1) is 5.82 Å². The van der Waals surface area contributed by atoms with Crippen molar-refractivity contribution in [3.8, 4) is 0 Å². The lowest BCUT2D eigenvalue weighted by atomic mass is 10.1. The van der Waals surface area contributed by atoms with Gasteiger partial charge in [0.25, 0.3) is 0 Å². The molecule has 0 aromatic heterocycles. The van der Waals surface area contributed by atoms with Crippen LogP contribution >= 0.6 is 0 Å². The molecule has 1 aromatic rings. The second-order valence-electron chi connectivity index (χ2n) is 3.72. The van der Waals surface area contributed by atoms with Crippen molar-refractivity contribution in [2.24, 2.45) is 5.73 Å². The minimum absolute atomic E-state index is 0.290. The van der Waals surface area contributed by atoms with Crippen LogP contribution in [-0.2, 0) is 0 Å². The lowest BCUT2D eigenvalue weighted by Crippen LogP contribution is -2.20. The highest BCUT2D eigenvalue weighted by molar-refractivity contribution is 5.93. The van der Waals surface area contributed by atoms with Crippen molar-refractivity contribution in [3.63, 3.8) is 0 Å². The van der Waals surface area contributed by atoms with Gasteiger partial charge in [-0.05, 0) is 31.0 Å². The zero-order valence-electron chi connectivity index (χ0n) is 8.37. The average molecular weight is 208 g/mol. The van der Waals surface area contributed by atoms with E-state index in [9.17, 15) is 9.18 Å². The number of anilines is 1. The van der Waals surface area contributed by atoms with Gasteiger partial charge < -0.3 is 10.6 Å². The molecule has 0 aliphatic carbocycles. The normalized spacial score (nSPS) is 15.7. The Morgan fingerprint density at radius 3 is 2.60 bits per heavy atom. The Morgan fingerprint density at radius 2 is 2.00 bits per heavy atom. The summed E-state index contributed by atoms with van der Waals surface area (Å²) < 4.78 is 13.5. The van der Waals surface area contributed by atoms with Gasteiger partial charge in [-0.1, -0.05) is 0 Å². The molecular formula is C11H13FN2O. The molecule has 1 heterocycles. The highest BCUT2D eigenvalue weighted by Gasteiger charge is 2.17. The summed E-state index contributed by atoms with van der Waals surface area (Å²) >= 11 is 0. The van der Waals surface area contributed by atoms with Crippen LogP contribution in [0.15, 0.2) is 18.2 Å². The van der Waals surface area contributed by atoms with Crippen LogP contribution in [0.5, 0.6) is 0 Å². The van der Waals surface area contributed by atoms with E-state index in [1.165, 1.54) is 18.2 Å². The predicted octanol–water partition coefficient (Wildman–Crippen LogP) is 1.52. The lowest BCUT2D eigenvalue weighted by molar-refractivity contribution is 0.100. The first kappa shape index (κ1) is 9.96. The van der Waals surface area contributed by atoms with Crippen LogP contribution in [0.4, 0.5) is 10.1 Å². The van der Waals surface area contributed by atoms with Gasteiger partial charge in [0.2, 0.25) is 5.91 Å². The Morgan fingerprint density at radius 1 is 1.33 bits per heavy atom. The van der Waals surface area contributed by atoms with Gasteiger partial charge in [-0.15, -0.1) is 0 Å². The summed E-state index contributed by atoms with van der Waals surface area (Å²) in [5, 5.41) is 0. The summed E-state index contributed by atoms with van der Waals surface area (Å²) in [6.07, 6.45) is 2.14. The molecule has 0 bridgehead atoms. The number of nitrogens with two attached hydrogens (primary N) is 1. The van der Waals surface area contributed by atoms with E-state index in [-0.39, 0.29) is 5.82 Å². The fraction of sp³-hybridized carbons (Fsp3) is 0.364. The predicted molar refractivity (Wildman–Crippen MR) is 56.4 cm³/mol. The Kier molecular flexibility index (Phi) is 2.58. The van der Waals surface area contributed by atoms with Crippen molar-refractivity contribution in [1.29, 1.82) is 0 Å². The van der Waals surface area contributed by atoms with E-state index in [0.717, 1.165) is 25.9 Å². The van der Waals surface area contributed by atoms with E-state index in [0.29, 0.717) is 11.3 Å². The molecule has 1 fully saturated rings. The molecule has 0 radical (unpaired) electrons. The van der Waals surface area contributed by atoms with E-state index in [2.05, 4.69) is 0 Å². The monoisotopic (exact) mass is 208 g/mol. The molecule has 0 saturated carbocycles. The van der Waals surface area contributed by atoms with E-state index >= 15 is 0 Å². The number of nitrogens with zero attached hydrogens (tertiary/aromatic N) is 1. The van der Waals surface area contributed by atoms with Crippen LogP contribution in [0.2, 0.25) is 0 Å². The van der Waals surface area contributed by atoms with Crippen molar-refractivity contribution < 1.29 is 9.18 Å². The average Bonchev–Trinajstić information content (AvgIpc) is 2.71. The first-order valence-electron chi connectivity index (χ1n) is 5.03. The standard InChI is InChI=1S/C11H13FN2O/c12-9-4-3-8(11(13)15)7-10(9)14-5-1-2-6-14/h3-4,7H,1-2,5-6H2,(H2,13,15). The Hall–Kier alpha value is -1.58. The summed E-state index contributed by atoms with van der Waals surface area (Å²) in [4.78, 5) is 12.9. The van der Waals surface area contributed by atoms with E-state index in [1.54, 1.807) is 0 Å². The minimum atomic E-state index is -0.518. The fourth-order valence-electron chi connectivity index (χ4n) is 1.87. The number of benzene rings is 1.